The number of rotatable bonds is 5. The van der Waals surface area contributed by atoms with Gasteiger partial charge in [0.25, 0.3) is 5.91 Å². The van der Waals surface area contributed by atoms with Crippen LogP contribution in [0.1, 0.15) is 25.0 Å². The van der Waals surface area contributed by atoms with Gasteiger partial charge in [-0.15, -0.1) is 0 Å². The number of halogens is 1. The Bertz CT molecular complexity index is 893. The lowest BCUT2D eigenvalue weighted by Crippen LogP contribution is -2.31. The number of methoxy groups -OCH3 is 1. The summed E-state index contributed by atoms with van der Waals surface area (Å²) >= 11 is 7.47. The highest BCUT2D eigenvalue weighted by molar-refractivity contribution is 8.05. The summed E-state index contributed by atoms with van der Waals surface area (Å²) < 4.78 is 11.3. The molecule has 1 aromatic heterocycles. The van der Waals surface area contributed by atoms with Crippen molar-refractivity contribution >= 4 is 46.9 Å². The molecule has 1 atom stereocenters. The Morgan fingerprint density at radius 3 is 2.89 bits per heavy atom. The first kappa shape index (κ1) is 19.1. The topological polar surface area (TPSA) is 66.7 Å². The van der Waals surface area contributed by atoms with E-state index in [9.17, 15) is 4.79 Å². The van der Waals surface area contributed by atoms with Gasteiger partial charge in [0.15, 0.2) is 11.4 Å². The van der Waals surface area contributed by atoms with E-state index in [4.69, 9.17) is 20.8 Å². The van der Waals surface area contributed by atoms with Gasteiger partial charge >= 0.3 is 0 Å². The summed E-state index contributed by atoms with van der Waals surface area (Å²) in [4.78, 5) is 15.2. The number of benzene rings is 1. The number of piperidine rings is 1. The molecule has 6 nitrogen and oxygen atoms in total. The number of ether oxygens (including phenoxy) is 1. The summed E-state index contributed by atoms with van der Waals surface area (Å²) in [5.74, 6) is 2.07. The highest BCUT2D eigenvalue weighted by Crippen LogP contribution is 2.35. The summed E-state index contributed by atoms with van der Waals surface area (Å²) in [7, 11) is 1.59. The van der Waals surface area contributed by atoms with Gasteiger partial charge in [-0.05, 0) is 43.5 Å². The highest BCUT2D eigenvalue weighted by atomic mass is 35.5. The highest BCUT2D eigenvalue weighted by Gasteiger charge is 2.28. The number of carbonyl (C=O) groups excluding carboxylic acids is 1. The minimum absolute atomic E-state index is 0.139. The molecule has 2 aliphatic rings. The average Bonchev–Trinajstić information content (AvgIpc) is 3.30. The molecule has 0 spiro atoms. The third-order valence-corrected chi connectivity index (χ3v) is 6.00. The van der Waals surface area contributed by atoms with Crippen molar-refractivity contribution in [2.24, 2.45) is 0 Å². The first-order chi connectivity index (χ1) is 13.6. The van der Waals surface area contributed by atoms with Crippen LogP contribution in [0.2, 0.25) is 5.02 Å². The fraction of sp³-hybridized carbons (Fsp3) is 0.350. The smallest absolute Gasteiger partial charge is 0.260 e. The second-order valence-electron chi connectivity index (χ2n) is 6.69. The van der Waals surface area contributed by atoms with Gasteiger partial charge in [0.05, 0.1) is 17.7 Å². The molecule has 4 rings (SSSR count). The van der Waals surface area contributed by atoms with Gasteiger partial charge in [-0.1, -0.05) is 23.4 Å². The largest absolute Gasteiger partial charge is 0.495 e. The second-order valence-corrected chi connectivity index (χ2v) is 8.28. The average molecular weight is 420 g/mol. The summed E-state index contributed by atoms with van der Waals surface area (Å²) in [5.41, 5.74) is 0.405. The van der Waals surface area contributed by atoms with Crippen molar-refractivity contribution in [3.05, 3.63) is 46.0 Å². The van der Waals surface area contributed by atoms with E-state index in [-0.39, 0.29) is 11.4 Å². The minimum Gasteiger partial charge on any atom is -0.495 e. The second kappa shape index (κ2) is 8.41. The zero-order valence-corrected chi connectivity index (χ0v) is 17.1. The van der Waals surface area contributed by atoms with Gasteiger partial charge in [-0.2, -0.15) is 0 Å². The van der Waals surface area contributed by atoms with E-state index in [1.807, 2.05) is 12.1 Å². The minimum atomic E-state index is -0.317. The van der Waals surface area contributed by atoms with E-state index in [1.54, 1.807) is 31.4 Å². The van der Waals surface area contributed by atoms with E-state index < -0.39 is 0 Å². The molecule has 1 aromatic carbocycles. The Hall–Kier alpha value is -2.25. The molecule has 2 fully saturated rings. The van der Waals surface area contributed by atoms with Gasteiger partial charge in [0.2, 0.25) is 0 Å². The van der Waals surface area contributed by atoms with Crippen LogP contribution in [0.15, 0.2) is 39.7 Å². The van der Waals surface area contributed by atoms with E-state index in [1.165, 1.54) is 31.0 Å². The van der Waals surface area contributed by atoms with Crippen LogP contribution in [0.25, 0.3) is 6.08 Å². The molecule has 3 heterocycles. The number of furan rings is 1. The predicted octanol–water partition coefficient (Wildman–Crippen LogP) is 4.53. The lowest BCUT2D eigenvalue weighted by Gasteiger charge is -2.25. The summed E-state index contributed by atoms with van der Waals surface area (Å²) in [6.45, 7) is 2.04. The SMILES string of the molecule is COc1ccc(Cl)cc1NC1NC(=O)/C(=C/c2ccc(N3CCCCC3)o2)S1. The van der Waals surface area contributed by atoms with Crippen LogP contribution in [0, 0.1) is 0 Å². The zero-order valence-electron chi connectivity index (χ0n) is 15.5. The van der Waals surface area contributed by atoms with E-state index >= 15 is 0 Å². The van der Waals surface area contributed by atoms with Crippen LogP contribution in [0.5, 0.6) is 5.75 Å². The third-order valence-electron chi connectivity index (χ3n) is 4.73. The molecule has 148 valence electrons. The Morgan fingerprint density at radius 1 is 1.29 bits per heavy atom. The number of nitrogens with one attached hydrogen (secondary N) is 2. The Kier molecular flexibility index (Phi) is 5.73. The quantitative estimate of drug-likeness (QED) is 0.694. The van der Waals surface area contributed by atoms with Crippen LogP contribution in [0.3, 0.4) is 0 Å². The van der Waals surface area contributed by atoms with Gasteiger partial charge < -0.3 is 24.7 Å². The standard InChI is InChI=1S/C20H22ClN3O3S/c1-26-16-7-5-13(21)11-15(16)22-20-23-19(25)17(28-20)12-14-6-8-18(27-14)24-9-3-2-4-10-24/h5-8,11-12,20,22H,2-4,9-10H2,1H3,(H,23,25)/b17-12-. The molecular formula is C20H22ClN3O3S. The number of hydrogen-bond acceptors (Lipinski definition) is 6. The van der Waals surface area contributed by atoms with E-state index in [0.29, 0.717) is 21.4 Å². The normalized spacial score (nSPS) is 21.1. The van der Waals surface area contributed by atoms with Gasteiger partial charge in [0, 0.05) is 30.3 Å². The van der Waals surface area contributed by atoms with Crippen molar-refractivity contribution < 1.29 is 13.9 Å². The number of amides is 1. The third kappa shape index (κ3) is 4.25. The lowest BCUT2D eigenvalue weighted by atomic mass is 10.1. The van der Waals surface area contributed by atoms with Gasteiger partial charge in [-0.25, -0.2) is 0 Å². The predicted molar refractivity (Wildman–Crippen MR) is 114 cm³/mol. The molecule has 28 heavy (non-hydrogen) atoms. The van der Waals surface area contributed by atoms with Crippen molar-refractivity contribution in [3.8, 4) is 5.75 Å². The molecular weight excluding hydrogens is 398 g/mol. The monoisotopic (exact) mass is 419 g/mol. The molecule has 2 aliphatic heterocycles. The maximum Gasteiger partial charge on any atom is 0.260 e. The Balaban J connectivity index is 1.45. The van der Waals surface area contributed by atoms with Crippen LogP contribution in [0.4, 0.5) is 11.6 Å². The van der Waals surface area contributed by atoms with E-state index in [2.05, 4.69) is 15.5 Å². The molecule has 2 N–H and O–H groups in total. The van der Waals surface area contributed by atoms with Crippen molar-refractivity contribution in [2.75, 3.05) is 30.4 Å². The summed E-state index contributed by atoms with van der Waals surface area (Å²) in [6, 6.07) is 9.20. The Morgan fingerprint density at radius 2 is 2.11 bits per heavy atom. The lowest BCUT2D eigenvalue weighted by molar-refractivity contribution is -0.116. The molecule has 8 heteroatoms. The van der Waals surface area contributed by atoms with Crippen LogP contribution < -0.4 is 20.3 Å². The van der Waals surface area contributed by atoms with Crippen LogP contribution in [-0.2, 0) is 4.79 Å². The molecule has 0 radical (unpaired) electrons. The van der Waals surface area contributed by atoms with Crippen LogP contribution in [-0.4, -0.2) is 31.6 Å². The number of carbonyl (C=O) groups is 1. The Labute approximate surface area is 173 Å². The van der Waals surface area contributed by atoms with Crippen molar-refractivity contribution in [1.82, 2.24) is 5.32 Å². The van der Waals surface area contributed by atoms with Crippen molar-refractivity contribution in [3.63, 3.8) is 0 Å². The number of anilines is 2. The van der Waals surface area contributed by atoms with Gasteiger partial charge in [-0.3, -0.25) is 4.79 Å². The summed E-state index contributed by atoms with van der Waals surface area (Å²) in [6.07, 6.45) is 5.44. The first-order valence-electron chi connectivity index (χ1n) is 9.26. The molecule has 2 aromatic rings. The van der Waals surface area contributed by atoms with Crippen LogP contribution >= 0.6 is 23.4 Å². The van der Waals surface area contributed by atoms with Crippen molar-refractivity contribution in [2.45, 2.75) is 24.8 Å². The molecule has 1 amide bonds. The van der Waals surface area contributed by atoms with Crippen molar-refractivity contribution in [1.29, 1.82) is 0 Å². The molecule has 1 unspecified atom stereocenters. The maximum atomic E-state index is 12.4. The number of thioether (sulfide) groups is 1. The van der Waals surface area contributed by atoms with Gasteiger partial charge in [0.1, 0.15) is 11.5 Å². The zero-order chi connectivity index (χ0) is 19.5. The molecule has 0 saturated carbocycles. The fourth-order valence-corrected chi connectivity index (χ4v) is 4.46. The molecule has 2 saturated heterocycles. The molecule has 0 aliphatic carbocycles. The first-order valence-corrected chi connectivity index (χ1v) is 10.5. The van der Waals surface area contributed by atoms with E-state index in [0.717, 1.165) is 24.7 Å². The fourth-order valence-electron chi connectivity index (χ4n) is 3.33. The maximum absolute atomic E-state index is 12.4. The summed E-state index contributed by atoms with van der Waals surface area (Å²) in [5, 5.41) is 6.75. The molecule has 0 bridgehead atoms. The number of nitrogens with zero attached hydrogens (tertiary/aromatic N) is 1. The number of hydrogen-bond donors (Lipinski definition) is 2.